The predicted molar refractivity (Wildman–Crippen MR) is 80.8 cm³/mol. The van der Waals surface area contributed by atoms with Gasteiger partial charge in [0, 0.05) is 43.9 Å². The van der Waals surface area contributed by atoms with Crippen LogP contribution in [-0.4, -0.2) is 19.1 Å². The number of rotatable bonds is 7. The van der Waals surface area contributed by atoms with E-state index in [-0.39, 0.29) is 5.69 Å². The summed E-state index contributed by atoms with van der Waals surface area (Å²) in [6.45, 7) is 3.66. The minimum absolute atomic E-state index is 0.0127. The molecule has 0 saturated carbocycles. The molecule has 0 amide bonds. The van der Waals surface area contributed by atoms with Gasteiger partial charge in [-0.25, -0.2) is 0 Å². The fraction of sp³-hybridized carbons (Fsp3) is 0.375. The van der Waals surface area contributed by atoms with Gasteiger partial charge in [-0.05, 0) is 18.9 Å². The second-order valence-corrected chi connectivity index (χ2v) is 4.31. The Kier molecular flexibility index (Phi) is 7.16. The Balaban J connectivity index is 3.06. The van der Waals surface area contributed by atoms with Crippen molar-refractivity contribution in [3.05, 3.63) is 52.1 Å². The lowest BCUT2D eigenvalue weighted by molar-refractivity contribution is -0.385. The van der Waals surface area contributed by atoms with Gasteiger partial charge in [0.25, 0.3) is 5.69 Å². The van der Waals surface area contributed by atoms with Gasteiger partial charge < -0.3 is 9.47 Å². The van der Waals surface area contributed by atoms with E-state index in [4.69, 9.17) is 9.47 Å². The van der Waals surface area contributed by atoms with Crippen LogP contribution in [0.5, 0.6) is 0 Å². The van der Waals surface area contributed by atoms with E-state index in [1.54, 1.807) is 6.07 Å². The number of hydrogen-bond donors (Lipinski definition) is 0. The van der Waals surface area contributed by atoms with Gasteiger partial charge >= 0.3 is 0 Å². The van der Waals surface area contributed by atoms with E-state index in [0.29, 0.717) is 11.1 Å². The average molecular weight is 289 g/mol. The number of hydrogen-bond acceptors (Lipinski definition) is 4. The van der Waals surface area contributed by atoms with Crippen molar-refractivity contribution >= 4 is 5.69 Å². The van der Waals surface area contributed by atoms with E-state index >= 15 is 0 Å². The number of ether oxygens (including phenoxy) is 2. The van der Waals surface area contributed by atoms with Crippen LogP contribution in [0, 0.1) is 22.0 Å². The number of methoxy groups -OCH3 is 2. The largest absolute Gasteiger partial charge is 0.352 e. The van der Waals surface area contributed by atoms with Gasteiger partial charge in [0.2, 0.25) is 0 Å². The molecule has 0 atom stereocenters. The summed E-state index contributed by atoms with van der Waals surface area (Å²) >= 11 is 0. The number of unbranched alkanes of at least 4 members (excludes halogenated alkanes) is 2. The summed E-state index contributed by atoms with van der Waals surface area (Å²) in [5.74, 6) is 6.07. The summed E-state index contributed by atoms with van der Waals surface area (Å²) in [5, 5.41) is 10.9. The standard InChI is InChI=1S/C16H19NO4/c1-4-5-6-7-8-9-13-10-11-14(17(18)19)12-15(13)16(20-2)21-3/h4,10-12,16H,1,5-7H2,2-3H3. The number of benzene rings is 1. The van der Waals surface area contributed by atoms with E-state index in [0.717, 1.165) is 19.3 Å². The van der Waals surface area contributed by atoms with Gasteiger partial charge in [0.15, 0.2) is 6.29 Å². The fourth-order valence-corrected chi connectivity index (χ4v) is 1.82. The summed E-state index contributed by atoms with van der Waals surface area (Å²) in [6.07, 6.45) is 3.78. The molecule has 0 aromatic heterocycles. The van der Waals surface area contributed by atoms with Crippen LogP contribution in [0.15, 0.2) is 30.9 Å². The fourth-order valence-electron chi connectivity index (χ4n) is 1.82. The average Bonchev–Trinajstić information content (AvgIpc) is 2.49. The molecule has 1 aromatic carbocycles. The predicted octanol–water partition coefficient (Wildman–Crippen LogP) is 3.59. The maximum Gasteiger partial charge on any atom is 0.269 e. The van der Waals surface area contributed by atoms with Crippen molar-refractivity contribution in [2.75, 3.05) is 14.2 Å². The van der Waals surface area contributed by atoms with Crippen molar-refractivity contribution in [1.82, 2.24) is 0 Å². The Hall–Kier alpha value is -2.16. The van der Waals surface area contributed by atoms with E-state index in [1.807, 2.05) is 6.08 Å². The summed E-state index contributed by atoms with van der Waals surface area (Å²) in [6, 6.07) is 4.49. The molecule has 0 fully saturated rings. The highest BCUT2D eigenvalue weighted by Crippen LogP contribution is 2.25. The van der Waals surface area contributed by atoms with Gasteiger partial charge in [-0.15, -0.1) is 6.58 Å². The van der Waals surface area contributed by atoms with Crippen LogP contribution in [0.4, 0.5) is 5.69 Å². The number of nitro benzene ring substituents is 1. The van der Waals surface area contributed by atoms with Gasteiger partial charge in [-0.1, -0.05) is 17.9 Å². The van der Waals surface area contributed by atoms with Crippen molar-refractivity contribution in [3.8, 4) is 11.8 Å². The second-order valence-electron chi connectivity index (χ2n) is 4.31. The lowest BCUT2D eigenvalue weighted by Gasteiger charge is -2.15. The molecule has 0 aliphatic carbocycles. The van der Waals surface area contributed by atoms with E-state index in [1.165, 1.54) is 26.4 Å². The third kappa shape index (κ3) is 5.03. The molecule has 0 aliphatic heterocycles. The Morgan fingerprint density at radius 3 is 2.71 bits per heavy atom. The zero-order valence-electron chi connectivity index (χ0n) is 12.3. The smallest absolute Gasteiger partial charge is 0.269 e. The van der Waals surface area contributed by atoms with E-state index < -0.39 is 11.2 Å². The normalized spacial score (nSPS) is 10.0. The van der Waals surface area contributed by atoms with E-state index in [9.17, 15) is 10.1 Å². The van der Waals surface area contributed by atoms with E-state index in [2.05, 4.69) is 18.4 Å². The zero-order chi connectivity index (χ0) is 15.7. The highest BCUT2D eigenvalue weighted by Gasteiger charge is 2.17. The first-order valence-corrected chi connectivity index (χ1v) is 6.57. The van der Waals surface area contributed by atoms with Crippen molar-refractivity contribution in [2.24, 2.45) is 0 Å². The Morgan fingerprint density at radius 2 is 2.14 bits per heavy atom. The highest BCUT2D eigenvalue weighted by atomic mass is 16.7. The molecule has 21 heavy (non-hydrogen) atoms. The molecular formula is C16H19NO4. The molecular weight excluding hydrogens is 270 g/mol. The molecule has 1 rings (SSSR count). The zero-order valence-corrected chi connectivity index (χ0v) is 12.3. The summed E-state index contributed by atoms with van der Waals surface area (Å²) in [4.78, 5) is 10.4. The van der Waals surface area contributed by atoms with Gasteiger partial charge in [0.1, 0.15) is 0 Å². The molecule has 112 valence electrons. The quantitative estimate of drug-likeness (QED) is 0.192. The maximum atomic E-state index is 10.9. The van der Waals surface area contributed by atoms with Gasteiger partial charge in [-0.3, -0.25) is 10.1 Å². The van der Waals surface area contributed by atoms with Crippen LogP contribution in [-0.2, 0) is 9.47 Å². The topological polar surface area (TPSA) is 61.6 Å². The molecule has 5 heteroatoms. The third-order valence-corrected chi connectivity index (χ3v) is 2.86. The Bertz CT molecular complexity index is 553. The van der Waals surface area contributed by atoms with Crippen LogP contribution in [0.3, 0.4) is 0 Å². The number of nitrogens with zero attached hydrogens (tertiary/aromatic N) is 1. The molecule has 0 heterocycles. The molecule has 0 radical (unpaired) electrons. The van der Waals surface area contributed by atoms with Crippen molar-refractivity contribution in [1.29, 1.82) is 0 Å². The van der Waals surface area contributed by atoms with Gasteiger partial charge in [0.05, 0.1) is 4.92 Å². The molecule has 0 bridgehead atoms. The summed E-state index contributed by atoms with van der Waals surface area (Å²) in [7, 11) is 2.96. The van der Waals surface area contributed by atoms with Crippen LogP contribution in [0.25, 0.3) is 0 Å². The molecule has 0 aliphatic rings. The van der Waals surface area contributed by atoms with Crippen LogP contribution in [0.1, 0.15) is 36.7 Å². The molecule has 0 saturated heterocycles. The first-order valence-electron chi connectivity index (χ1n) is 6.57. The minimum atomic E-state index is -0.678. The lowest BCUT2D eigenvalue weighted by Crippen LogP contribution is -2.06. The summed E-state index contributed by atoms with van der Waals surface area (Å²) < 4.78 is 10.4. The van der Waals surface area contributed by atoms with Crippen LogP contribution in [0.2, 0.25) is 0 Å². The molecule has 1 aromatic rings. The highest BCUT2D eigenvalue weighted by molar-refractivity contribution is 5.48. The Labute approximate surface area is 124 Å². The summed E-state index contributed by atoms with van der Waals surface area (Å²) in [5.41, 5.74) is 1.22. The second kappa shape index (κ2) is 8.90. The van der Waals surface area contributed by atoms with Crippen molar-refractivity contribution in [2.45, 2.75) is 25.6 Å². The number of nitro groups is 1. The SMILES string of the molecule is C=CCCCC#Cc1ccc([N+](=O)[O-])cc1C(OC)OC. The number of non-ortho nitro benzene ring substituents is 1. The van der Waals surface area contributed by atoms with Crippen molar-refractivity contribution < 1.29 is 14.4 Å². The van der Waals surface area contributed by atoms with Crippen LogP contribution >= 0.6 is 0 Å². The maximum absolute atomic E-state index is 10.9. The molecule has 0 N–H and O–H groups in total. The molecule has 5 nitrogen and oxygen atoms in total. The molecule has 0 spiro atoms. The first kappa shape index (κ1) is 16.9. The van der Waals surface area contributed by atoms with Crippen LogP contribution < -0.4 is 0 Å². The number of allylic oxidation sites excluding steroid dienone is 1. The molecule has 0 unspecified atom stereocenters. The Morgan fingerprint density at radius 1 is 1.43 bits per heavy atom. The first-order chi connectivity index (χ1) is 10.1. The van der Waals surface area contributed by atoms with Gasteiger partial charge in [-0.2, -0.15) is 0 Å². The third-order valence-electron chi connectivity index (χ3n) is 2.86. The van der Waals surface area contributed by atoms with Crippen molar-refractivity contribution in [3.63, 3.8) is 0 Å². The monoisotopic (exact) mass is 289 g/mol. The lowest BCUT2D eigenvalue weighted by atomic mass is 10.1. The minimum Gasteiger partial charge on any atom is -0.352 e.